The molecule has 0 nitrogen and oxygen atoms in total. The van der Waals surface area contributed by atoms with Gasteiger partial charge in [-0.2, -0.15) is 0 Å². The third kappa shape index (κ3) is 2.10. The van der Waals surface area contributed by atoms with Crippen LogP contribution in [0, 0.1) is 6.42 Å². The first kappa shape index (κ1) is 9.31. The summed E-state index contributed by atoms with van der Waals surface area (Å²) in [6.07, 6.45) is 3.34. The highest BCUT2D eigenvalue weighted by Crippen LogP contribution is 2.18. The summed E-state index contributed by atoms with van der Waals surface area (Å²) < 4.78 is 0. The highest BCUT2D eigenvalue weighted by molar-refractivity contribution is 5.28. The van der Waals surface area contributed by atoms with E-state index in [9.17, 15) is 0 Å². The number of rotatable bonds is 3. The zero-order valence-corrected chi connectivity index (χ0v) is 8.17. The van der Waals surface area contributed by atoms with E-state index in [2.05, 4.69) is 51.5 Å². The molecule has 0 fully saturated rings. The molecule has 1 aromatic carbocycles. The van der Waals surface area contributed by atoms with E-state index in [0.717, 1.165) is 0 Å². The molecule has 1 aromatic rings. The van der Waals surface area contributed by atoms with Gasteiger partial charge in [0.1, 0.15) is 0 Å². The van der Waals surface area contributed by atoms with E-state index in [1.807, 2.05) is 0 Å². The minimum absolute atomic E-state index is 0.691. The lowest BCUT2D eigenvalue weighted by Crippen LogP contribution is -1.90. The van der Waals surface area contributed by atoms with E-state index in [1.165, 1.54) is 17.5 Å². The van der Waals surface area contributed by atoms with Crippen molar-refractivity contribution in [1.82, 2.24) is 0 Å². The average molecular weight is 161 g/mol. The van der Waals surface area contributed by atoms with E-state index in [-0.39, 0.29) is 0 Å². The molecule has 0 saturated carbocycles. The molecule has 0 aliphatic rings. The quantitative estimate of drug-likeness (QED) is 0.633. The molecule has 0 N–H and O–H groups in total. The lowest BCUT2D eigenvalue weighted by atomic mass is 9.97. The van der Waals surface area contributed by atoms with Gasteiger partial charge in [0, 0.05) is 0 Å². The molecule has 0 heterocycles. The van der Waals surface area contributed by atoms with Gasteiger partial charge in [0.2, 0.25) is 0 Å². The van der Waals surface area contributed by atoms with Crippen LogP contribution in [0.2, 0.25) is 0 Å². The van der Waals surface area contributed by atoms with Crippen LogP contribution in [0.15, 0.2) is 24.3 Å². The van der Waals surface area contributed by atoms with Crippen LogP contribution in [0.25, 0.3) is 0 Å². The molecular formula is C12H17. The van der Waals surface area contributed by atoms with Gasteiger partial charge in [0.25, 0.3) is 0 Å². The maximum Gasteiger partial charge on any atom is -0.0124 e. The smallest absolute Gasteiger partial charge is 0.0124 e. The Morgan fingerprint density at radius 2 is 1.83 bits per heavy atom. The summed E-state index contributed by atoms with van der Waals surface area (Å²) in [6.45, 7) is 6.56. The van der Waals surface area contributed by atoms with Gasteiger partial charge in [0.05, 0.1) is 0 Å². The summed E-state index contributed by atoms with van der Waals surface area (Å²) in [7, 11) is 0. The SMILES string of the molecule is C[CH]c1ccc(C(C)CC)cc1. The van der Waals surface area contributed by atoms with E-state index in [1.54, 1.807) is 0 Å². The summed E-state index contributed by atoms with van der Waals surface area (Å²) >= 11 is 0. The molecule has 0 heteroatoms. The Bertz CT molecular complexity index is 220. The first-order valence-electron chi connectivity index (χ1n) is 4.67. The van der Waals surface area contributed by atoms with Crippen molar-refractivity contribution in [3.63, 3.8) is 0 Å². The largest absolute Gasteiger partial charge is 0.0648 e. The van der Waals surface area contributed by atoms with E-state index >= 15 is 0 Å². The van der Waals surface area contributed by atoms with Crippen molar-refractivity contribution < 1.29 is 0 Å². The molecule has 0 aromatic heterocycles. The number of hydrogen-bond acceptors (Lipinski definition) is 0. The van der Waals surface area contributed by atoms with Crippen LogP contribution in [0.4, 0.5) is 0 Å². The van der Waals surface area contributed by atoms with Crippen molar-refractivity contribution in [3.8, 4) is 0 Å². The fourth-order valence-corrected chi connectivity index (χ4v) is 1.25. The molecule has 1 radical (unpaired) electrons. The standard InChI is InChI=1S/C12H17/c1-4-10(3)12-8-6-11(5-2)7-9-12/h5-10H,4H2,1-3H3. The Labute approximate surface area is 75.6 Å². The molecule has 1 unspecified atom stereocenters. The van der Waals surface area contributed by atoms with Gasteiger partial charge >= 0.3 is 0 Å². The van der Waals surface area contributed by atoms with Gasteiger partial charge in [-0.15, -0.1) is 0 Å². The Morgan fingerprint density at radius 3 is 2.25 bits per heavy atom. The molecule has 12 heavy (non-hydrogen) atoms. The van der Waals surface area contributed by atoms with Gasteiger partial charge in [-0.1, -0.05) is 45.0 Å². The van der Waals surface area contributed by atoms with Gasteiger partial charge in [-0.05, 0) is 29.9 Å². The summed E-state index contributed by atoms with van der Waals surface area (Å²) in [5.74, 6) is 0.691. The fraction of sp³-hybridized carbons (Fsp3) is 0.417. The molecule has 0 spiro atoms. The van der Waals surface area contributed by atoms with Crippen LogP contribution in [0.5, 0.6) is 0 Å². The maximum atomic E-state index is 2.27. The van der Waals surface area contributed by atoms with Crippen molar-refractivity contribution in [1.29, 1.82) is 0 Å². The van der Waals surface area contributed by atoms with Crippen molar-refractivity contribution in [3.05, 3.63) is 41.8 Å². The van der Waals surface area contributed by atoms with Crippen LogP contribution in [-0.2, 0) is 0 Å². The lowest BCUT2D eigenvalue weighted by Gasteiger charge is -2.08. The Balaban J connectivity index is 2.77. The summed E-state index contributed by atoms with van der Waals surface area (Å²) in [5, 5.41) is 0. The van der Waals surface area contributed by atoms with Crippen molar-refractivity contribution in [2.75, 3.05) is 0 Å². The third-order valence-electron chi connectivity index (χ3n) is 2.45. The van der Waals surface area contributed by atoms with Gasteiger partial charge in [0.15, 0.2) is 0 Å². The second-order valence-corrected chi connectivity index (χ2v) is 3.26. The molecule has 0 bridgehead atoms. The molecule has 65 valence electrons. The van der Waals surface area contributed by atoms with E-state index < -0.39 is 0 Å². The Morgan fingerprint density at radius 1 is 1.25 bits per heavy atom. The average Bonchev–Trinajstić information content (AvgIpc) is 2.17. The first-order chi connectivity index (χ1) is 5.77. The molecule has 0 aliphatic carbocycles. The summed E-state index contributed by atoms with van der Waals surface area (Å²) in [5.41, 5.74) is 2.75. The second-order valence-electron chi connectivity index (χ2n) is 3.26. The fourth-order valence-electron chi connectivity index (χ4n) is 1.25. The molecular weight excluding hydrogens is 144 g/mol. The predicted octanol–water partition coefficient (Wildman–Crippen LogP) is 3.77. The predicted molar refractivity (Wildman–Crippen MR) is 54.2 cm³/mol. The highest BCUT2D eigenvalue weighted by Gasteiger charge is 2.00. The van der Waals surface area contributed by atoms with E-state index in [4.69, 9.17) is 0 Å². The second kappa shape index (κ2) is 4.30. The molecule has 0 amide bonds. The van der Waals surface area contributed by atoms with Gasteiger partial charge < -0.3 is 0 Å². The van der Waals surface area contributed by atoms with Crippen LogP contribution < -0.4 is 0 Å². The van der Waals surface area contributed by atoms with Crippen LogP contribution >= 0.6 is 0 Å². The molecule has 1 atom stereocenters. The monoisotopic (exact) mass is 161 g/mol. The summed E-state index contributed by atoms with van der Waals surface area (Å²) in [4.78, 5) is 0. The zero-order chi connectivity index (χ0) is 8.97. The Hall–Kier alpha value is -0.780. The lowest BCUT2D eigenvalue weighted by molar-refractivity contribution is 0.733. The minimum atomic E-state index is 0.691. The topological polar surface area (TPSA) is 0 Å². The van der Waals surface area contributed by atoms with E-state index in [0.29, 0.717) is 5.92 Å². The zero-order valence-electron chi connectivity index (χ0n) is 8.17. The third-order valence-corrected chi connectivity index (χ3v) is 2.45. The molecule has 0 saturated heterocycles. The molecule has 1 rings (SSSR count). The van der Waals surface area contributed by atoms with Crippen LogP contribution in [0.1, 0.15) is 44.2 Å². The Kier molecular flexibility index (Phi) is 3.33. The highest BCUT2D eigenvalue weighted by atomic mass is 14.1. The van der Waals surface area contributed by atoms with Gasteiger partial charge in [-0.3, -0.25) is 0 Å². The summed E-state index contributed by atoms with van der Waals surface area (Å²) in [6, 6.07) is 8.82. The van der Waals surface area contributed by atoms with Crippen LogP contribution in [0.3, 0.4) is 0 Å². The van der Waals surface area contributed by atoms with Gasteiger partial charge in [-0.25, -0.2) is 0 Å². The number of benzene rings is 1. The first-order valence-corrected chi connectivity index (χ1v) is 4.67. The minimum Gasteiger partial charge on any atom is -0.0648 e. The van der Waals surface area contributed by atoms with Crippen molar-refractivity contribution in [2.45, 2.75) is 33.1 Å². The normalized spacial score (nSPS) is 12.9. The van der Waals surface area contributed by atoms with Crippen molar-refractivity contribution in [2.24, 2.45) is 0 Å². The maximum absolute atomic E-state index is 2.27. The van der Waals surface area contributed by atoms with Crippen LogP contribution in [-0.4, -0.2) is 0 Å². The van der Waals surface area contributed by atoms with Crippen molar-refractivity contribution >= 4 is 0 Å². The number of hydrogen-bond donors (Lipinski definition) is 0. The molecule has 0 aliphatic heterocycles.